The summed E-state index contributed by atoms with van der Waals surface area (Å²) in [4.78, 5) is 12.3. The highest BCUT2D eigenvalue weighted by Crippen LogP contribution is 2.19. The minimum absolute atomic E-state index is 0.203. The van der Waals surface area contributed by atoms with E-state index in [4.69, 9.17) is 12.2 Å². The topological polar surface area (TPSA) is 41.1 Å². The first-order valence-corrected chi connectivity index (χ1v) is 7.31. The number of amides is 1. The van der Waals surface area contributed by atoms with Crippen LogP contribution in [0.15, 0.2) is 24.3 Å². The summed E-state index contributed by atoms with van der Waals surface area (Å²) in [6, 6.07) is 8.28. The third-order valence-electron chi connectivity index (χ3n) is 3.43. The highest BCUT2D eigenvalue weighted by molar-refractivity contribution is 7.82. The lowest BCUT2D eigenvalue weighted by molar-refractivity contribution is -0.110. The molecular formula is C15H20N2OS. The van der Waals surface area contributed by atoms with Crippen LogP contribution in [-0.2, 0) is 11.2 Å². The highest BCUT2D eigenvalue weighted by Gasteiger charge is 2.20. The number of carbonyl (C=O) groups excluding carboxylic acids is 1. The van der Waals surface area contributed by atoms with Gasteiger partial charge in [0.2, 0.25) is 0 Å². The molecule has 0 aliphatic heterocycles. The zero-order chi connectivity index (χ0) is 13.7. The molecule has 3 nitrogen and oxygen atoms in total. The molecule has 0 atom stereocenters. The number of para-hydroxylation sites is 1. The molecule has 2 rings (SSSR count). The zero-order valence-corrected chi connectivity index (χ0v) is 12.1. The molecule has 4 heteroatoms. The third-order valence-corrected chi connectivity index (χ3v) is 3.73. The standard InChI is InChI=1S/C15H20N2OS/c1-2-6-11-7-3-4-10-13(11)17-14(18)15(19)16-12-8-5-9-12/h3-4,7,10,12H,2,5-6,8-9H2,1H3,(H,16,19)(H,17,18). The second kappa shape index (κ2) is 6.66. The van der Waals surface area contributed by atoms with Gasteiger partial charge in [-0.25, -0.2) is 0 Å². The number of thiocarbonyl (C=S) groups is 1. The summed E-state index contributed by atoms with van der Waals surface area (Å²) < 4.78 is 0. The lowest BCUT2D eigenvalue weighted by Gasteiger charge is -2.27. The molecule has 1 aliphatic rings. The Labute approximate surface area is 119 Å². The van der Waals surface area contributed by atoms with Crippen molar-refractivity contribution in [3.05, 3.63) is 29.8 Å². The van der Waals surface area contributed by atoms with Gasteiger partial charge >= 0.3 is 0 Å². The van der Waals surface area contributed by atoms with Crippen molar-refractivity contribution in [1.82, 2.24) is 5.32 Å². The van der Waals surface area contributed by atoms with Crippen molar-refractivity contribution < 1.29 is 4.79 Å². The molecule has 0 bridgehead atoms. The Kier molecular flexibility index (Phi) is 4.91. The van der Waals surface area contributed by atoms with Crippen molar-refractivity contribution in [1.29, 1.82) is 0 Å². The normalized spacial score (nSPS) is 14.6. The zero-order valence-electron chi connectivity index (χ0n) is 11.2. The van der Waals surface area contributed by atoms with Crippen LogP contribution in [0.5, 0.6) is 0 Å². The fourth-order valence-corrected chi connectivity index (χ4v) is 2.33. The minimum atomic E-state index is -0.203. The van der Waals surface area contributed by atoms with Crippen LogP contribution in [0, 0.1) is 0 Å². The molecule has 1 aromatic carbocycles. The van der Waals surface area contributed by atoms with Crippen molar-refractivity contribution in [2.45, 2.75) is 45.1 Å². The fourth-order valence-electron chi connectivity index (χ4n) is 2.11. The summed E-state index contributed by atoms with van der Waals surface area (Å²) in [5, 5.41) is 6.01. The lowest BCUT2D eigenvalue weighted by atomic mass is 9.93. The number of hydrogen-bond acceptors (Lipinski definition) is 2. The van der Waals surface area contributed by atoms with E-state index in [1.54, 1.807) is 0 Å². The molecule has 2 N–H and O–H groups in total. The molecule has 102 valence electrons. The van der Waals surface area contributed by atoms with Gasteiger partial charge in [-0.15, -0.1) is 0 Å². The van der Waals surface area contributed by atoms with Crippen molar-refractivity contribution >= 4 is 28.8 Å². The van der Waals surface area contributed by atoms with Crippen LogP contribution in [0.25, 0.3) is 0 Å². The SMILES string of the molecule is CCCc1ccccc1NC(=O)C(=S)NC1CCC1. The average molecular weight is 276 g/mol. The summed E-state index contributed by atoms with van der Waals surface area (Å²) in [6.07, 6.45) is 5.46. The molecule has 1 aliphatic carbocycles. The van der Waals surface area contributed by atoms with Gasteiger partial charge in [0.05, 0.1) is 0 Å². The Hall–Kier alpha value is -1.42. The second-order valence-electron chi connectivity index (χ2n) is 4.96. The van der Waals surface area contributed by atoms with E-state index in [1.165, 1.54) is 6.42 Å². The van der Waals surface area contributed by atoms with Gasteiger partial charge in [-0.3, -0.25) is 4.79 Å². The Balaban J connectivity index is 1.95. The molecule has 0 unspecified atom stereocenters. The van der Waals surface area contributed by atoms with Gasteiger partial charge in [-0.1, -0.05) is 43.8 Å². The van der Waals surface area contributed by atoms with Gasteiger partial charge in [0.25, 0.3) is 5.91 Å². The van der Waals surface area contributed by atoms with E-state index < -0.39 is 0 Å². The monoisotopic (exact) mass is 276 g/mol. The molecule has 0 aromatic heterocycles. The van der Waals surface area contributed by atoms with E-state index in [0.29, 0.717) is 11.0 Å². The van der Waals surface area contributed by atoms with Crippen molar-refractivity contribution in [3.8, 4) is 0 Å². The maximum atomic E-state index is 12.0. The van der Waals surface area contributed by atoms with E-state index in [9.17, 15) is 4.79 Å². The van der Waals surface area contributed by atoms with Crippen LogP contribution in [0.3, 0.4) is 0 Å². The van der Waals surface area contributed by atoms with Crippen molar-refractivity contribution in [3.63, 3.8) is 0 Å². The van der Waals surface area contributed by atoms with E-state index in [0.717, 1.165) is 36.9 Å². The number of benzene rings is 1. The molecule has 1 amide bonds. The van der Waals surface area contributed by atoms with Crippen LogP contribution in [-0.4, -0.2) is 16.9 Å². The summed E-state index contributed by atoms with van der Waals surface area (Å²) in [5.41, 5.74) is 2.02. The van der Waals surface area contributed by atoms with Crippen LogP contribution < -0.4 is 10.6 Å². The van der Waals surface area contributed by atoms with E-state index in [1.807, 2.05) is 24.3 Å². The predicted octanol–water partition coefficient (Wildman–Crippen LogP) is 3.05. The van der Waals surface area contributed by atoms with Crippen LogP contribution >= 0.6 is 12.2 Å². The number of hydrogen-bond donors (Lipinski definition) is 2. The Morgan fingerprint density at radius 2 is 2.11 bits per heavy atom. The number of aryl methyl sites for hydroxylation is 1. The highest BCUT2D eigenvalue weighted by atomic mass is 32.1. The van der Waals surface area contributed by atoms with Gasteiger partial charge < -0.3 is 10.6 Å². The first-order valence-electron chi connectivity index (χ1n) is 6.90. The first-order chi connectivity index (χ1) is 9.20. The molecule has 1 fully saturated rings. The summed E-state index contributed by atoms with van der Waals surface area (Å²) in [5.74, 6) is -0.203. The quantitative estimate of drug-likeness (QED) is 0.831. The average Bonchev–Trinajstić information content (AvgIpc) is 2.36. The molecule has 0 radical (unpaired) electrons. The van der Waals surface area contributed by atoms with E-state index in [-0.39, 0.29) is 5.91 Å². The van der Waals surface area contributed by atoms with Gasteiger partial charge in [0.15, 0.2) is 4.99 Å². The number of rotatable bonds is 4. The molecule has 1 saturated carbocycles. The summed E-state index contributed by atoms with van der Waals surface area (Å²) in [6.45, 7) is 2.13. The third kappa shape index (κ3) is 3.77. The maximum Gasteiger partial charge on any atom is 0.283 e. The van der Waals surface area contributed by atoms with E-state index in [2.05, 4.69) is 17.6 Å². The van der Waals surface area contributed by atoms with Gasteiger partial charge in [0.1, 0.15) is 0 Å². The Morgan fingerprint density at radius 3 is 2.74 bits per heavy atom. The molecule has 0 spiro atoms. The predicted molar refractivity (Wildman–Crippen MR) is 82.4 cm³/mol. The van der Waals surface area contributed by atoms with Gasteiger partial charge in [0, 0.05) is 11.7 Å². The minimum Gasteiger partial charge on any atom is -0.369 e. The maximum absolute atomic E-state index is 12.0. The van der Waals surface area contributed by atoms with E-state index >= 15 is 0 Å². The van der Waals surface area contributed by atoms with Gasteiger partial charge in [-0.05, 0) is 37.3 Å². The number of carbonyl (C=O) groups is 1. The molecular weight excluding hydrogens is 256 g/mol. The second-order valence-corrected chi connectivity index (χ2v) is 5.37. The molecule has 19 heavy (non-hydrogen) atoms. The molecule has 1 aromatic rings. The number of nitrogens with one attached hydrogen (secondary N) is 2. The Morgan fingerprint density at radius 1 is 1.37 bits per heavy atom. The fraction of sp³-hybridized carbons (Fsp3) is 0.467. The lowest BCUT2D eigenvalue weighted by Crippen LogP contribution is -2.43. The van der Waals surface area contributed by atoms with Crippen molar-refractivity contribution in [2.75, 3.05) is 5.32 Å². The largest absolute Gasteiger partial charge is 0.369 e. The molecule has 0 heterocycles. The first kappa shape index (κ1) is 14.0. The Bertz CT molecular complexity index is 469. The van der Waals surface area contributed by atoms with Crippen LogP contribution in [0.1, 0.15) is 38.2 Å². The van der Waals surface area contributed by atoms with Gasteiger partial charge in [-0.2, -0.15) is 0 Å². The van der Waals surface area contributed by atoms with Crippen molar-refractivity contribution in [2.24, 2.45) is 0 Å². The smallest absolute Gasteiger partial charge is 0.283 e. The summed E-state index contributed by atoms with van der Waals surface area (Å²) in [7, 11) is 0. The van der Waals surface area contributed by atoms with Crippen LogP contribution in [0.4, 0.5) is 5.69 Å². The summed E-state index contributed by atoms with van der Waals surface area (Å²) >= 11 is 5.14. The van der Waals surface area contributed by atoms with Crippen LogP contribution in [0.2, 0.25) is 0 Å². The number of anilines is 1. The molecule has 0 saturated heterocycles.